The number of nitrogens with one attached hydrogen (secondary N) is 2. The highest BCUT2D eigenvalue weighted by Gasteiger charge is 2.06. The van der Waals surface area contributed by atoms with Gasteiger partial charge < -0.3 is 15.4 Å². The summed E-state index contributed by atoms with van der Waals surface area (Å²) in [6.45, 7) is 0.500. The molecule has 0 amide bonds. The number of anilines is 1. The van der Waals surface area contributed by atoms with E-state index in [9.17, 15) is 8.42 Å². The van der Waals surface area contributed by atoms with E-state index in [-0.39, 0.29) is 0 Å². The Morgan fingerprint density at radius 3 is 2.48 bits per heavy atom. The lowest BCUT2D eigenvalue weighted by atomic mass is 10.2. The molecule has 0 heterocycles. The van der Waals surface area contributed by atoms with Crippen LogP contribution in [0, 0.1) is 0 Å². The van der Waals surface area contributed by atoms with Crippen molar-refractivity contribution in [2.45, 2.75) is 11.4 Å². The molecule has 5 nitrogen and oxygen atoms in total. The van der Waals surface area contributed by atoms with Crippen LogP contribution in [0.5, 0.6) is 5.75 Å². The summed E-state index contributed by atoms with van der Waals surface area (Å²) in [5.74, 6) is 0.745. The van der Waals surface area contributed by atoms with Gasteiger partial charge in [0.05, 0.1) is 12.0 Å². The van der Waals surface area contributed by atoms with Crippen LogP contribution in [0.15, 0.2) is 53.4 Å². The van der Waals surface area contributed by atoms with Crippen LogP contribution in [0.1, 0.15) is 5.56 Å². The van der Waals surface area contributed by atoms with Gasteiger partial charge in [0.15, 0.2) is 14.9 Å². The second kappa shape index (κ2) is 7.43. The zero-order valence-corrected chi connectivity index (χ0v) is 14.5. The van der Waals surface area contributed by atoms with E-state index in [1.807, 2.05) is 24.3 Å². The summed E-state index contributed by atoms with van der Waals surface area (Å²) in [4.78, 5) is 0.304. The van der Waals surface area contributed by atoms with Crippen molar-refractivity contribution < 1.29 is 13.2 Å². The topological polar surface area (TPSA) is 67.4 Å². The summed E-state index contributed by atoms with van der Waals surface area (Å²) in [6, 6.07) is 14.1. The first-order valence-electron chi connectivity index (χ1n) is 6.86. The highest BCUT2D eigenvalue weighted by molar-refractivity contribution is 7.90. The standard InChI is InChI=1S/C16H18N2O3S2/c1-21-14-5-3-4-13(10-14)18-16(22)17-11-12-6-8-15(9-7-12)23(2,19)20/h3-10H,11H2,1-2H3,(H2,17,18,22). The van der Waals surface area contributed by atoms with Crippen molar-refractivity contribution in [2.24, 2.45) is 0 Å². The van der Waals surface area contributed by atoms with Crippen LogP contribution < -0.4 is 15.4 Å². The Kier molecular flexibility index (Phi) is 5.57. The fourth-order valence-corrected chi connectivity index (χ4v) is 2.73. The average molecular weight is 350 g/mol. The number of methoxy groups -OCH3 is 1. The van der Waals surface area contributed by atoms with Crippen LogP contribution in [-0.4, -0.2) is 26.9 Å². The molecule has 0 fully saturated rings. The fourth-order valence-electron chi connectivity index (χ4n) is 1.91. The molecule has 0 saturated heterocycles. The van der Waals surface area contributed by atoms with E-state index in [1.54, 1.807) is 31.4 Å². The number of hydrogen-bond acceptors (Lipinski definition) is 4. The number of ether oxygens (including phenoxy) is 1. The quantitative estimate of drug-likeness (QED) is 0.808. The molecule has 2 rings (SSSR count). The molecule has 0 radical (unpaired) electrons. The number of hydrogen-bond donors (Lipinski definition) is 2. The van der Waals surface area contributed by atoms with Crippen LogP contribution in [0.3, 0.4) is 0 Å². The molecule has 0 spiro atoms. The SMILES string of the molecule is COc1cccc(NC(=S)NCc2ccc(S(C)(=O)=O)cc2)c1. The summed E-state index contributed by atoms with van der Waals surface area (Å²) < 4.78 is 28.0. The van der Waals surface area contributed by atoms with Gasteiger partial charge in [-0.15, -0.1) is 0 Å². The maximum Gasteiger partial charge on any atom is 0.175 e. The molecule has 0 aliphatic rings. The van der Waals surface area contributed by atoms with Crippen molar-refractivity contribution in [1.82, 2.24) is 5.32 Å². The molecule has 0 unspecified atom stereocenters. The van der Waals surface area contributed by atoms with Gasteiger partial charge in [-0.3, -0.25) is 0 Å². The van der Waals surface area contributed by atoms with Crippen LogP contribution in [0.25, 0.3) is 0 Å². The zero-order valence-electron chi connectivity index (χ0n) is 12.9. The van der Waals surface area contributed by atoms with Gasteiger partial charge in [0.25, 0.3) is 0 Å². The minimum atomic E-state index is -3.17. The van der Waals surface area contributed by atoms with Crippen molar-refractivity contribution in [1.29, 1.82) is 0 Å². The van der Waals surface area contributed by atoms with E-state index in [1.165, 1.54) is 6.26 Å². The van der Waals surface area contributed by atoms with Gasteiger partial charge in [0.2, 0.25) is 0 Å². The Bertz CT molecular complexity index is 787. The monoisotopic (exact) mass is 350 g/mol. The summed E-state index contributed by atoms with van der Waals surface area (Å²) >= 11 is 5.24. The Labute approximate surface area is 141 Å². The first-order valence-corrected chi connectivity index (χ1v) is 9.16. The summed E-state index contributed by atoms with van der Waals surface area (Å²) in [7, 11) is -1.56. The molecule has 2 aromatic rings. The maximum absolute atomic E-state index is 11.4. The van der Waals surface area contributed by atoms with E-state index < -0.39 is 9.84 Å². The maximum atomic E-state index is 11.4. The van der Waals surface area contributed by atoms with E-state index >= 15 is 0 Å². The number of rotatable bonds is 5. The van der Waals surface area contributed by atoms with Crippen LogP contribution in [0.4, 0.5) is 5.69 Å². The first kappa shape index (κ1) is 17.2. The molecule has 2 N–H and O–H groups in total. The predicted octanol–water partition coefficient (Wildman–Crippen LogP) is 2.59. The molecule has 122 valence electrons. The van der Waals surface area contributed by atoms with Gasteiger partial charge in [-0.25, -0.2) is 8.42 Å². The Balaban J connectivity index is 1.91. The van der Waals surface area contributed by atoms with Gasteiger partial charge in [0.1, 0.15) is 5.75 Å². The fraction of sp³-hybridized carbons (Fsp3) is 0.188. The normalized spacial score (nSPS) is 10.9. The molecule has 0 aliphatic carbocycles. The Hall–Kier alpha value is -2.12. The second-order valence-corrected chi connectivity index (χ2v) is 7.38. The highest BCUT2D eigenvalue weighted by atomic mass is 32.2. The lowest BCUT2D eigenvalue weighted by Crippen LogP contribution is -2.27. The molecule has 2 aromatic carbocycles. The van der Waals surface area contributed by atoms with Crippen molar-refractivity contribution in [2.75, 3.05) is 18.7 Å². The highest BCUT2D eigenvalue weighted by Crippen LogP contribution is 2.16. The van der Waals surface area contributed by atoms with Crippen LogP contribution in [-0.2, 0) is 16.4 Å². The summed E-state index contributed by atoms with van der Waals surface area (Å²) in [5.41, 5.74) is 1.77. The smallest absolute Gasteiger partial charge is 0.175 e. The number of benzene rings is 2. The van der Waals surface area contributed by atoms with Crippen molar-refractivity contribution in [3.63, 3.8) is 0 Å². The Morgan fingerprint density at radius 2 is 1.87 bits per heavy atom. The number of thiocarbonyl (C=S) groups is 1. The first-order chi connectivity index (χ1) is 10.9. The lowest BCUT2D eigenvalue weighted by Gasteiger charge is -2.11. The van der Waals surface area contributed by atoms with E-state index in [0.29, 0.717) is 16.6 Å². The average Bonchev–Trinajstić information content (AvgIpc) is 2.52. The molecule has 0 aromatic heterocycles. The molecular weight excluding hydrogens is 332 g/mol. The third kappa shape index (κ3) is 5.22. The van der Waals surface area contributed by atoms with Gasteiger partial charge in [0, 0.05) is 24.6 Å². The van der Waals surface area contributed by atoms with Crippen LogP contribution >= 0.6 is 12.2 Å². The van der Waals surface area contributed by atoms with Crippen molar-refractivity contribution in [3.05, 3.63) is 54.1 Å². The Morgan fingerprint density at radius 1 is 1.17 bits per heavy atom. The van der Waals surface area contributed by atoms with Gasteiger partial charge in [-0.1, -0.05) is 18.2 Å². The largest absolute Gasteiger partial charge is 0.497 e. The van der Waals surface area contributed by atoms with E-state index in [0.717, 1.165) is 17.0 Å². The van der Waals surface area contributed by atoms with E-state index in [4.69, 9.17) is 17.0 Å². The molecule has 23 heavy (non-hydrogen) atoms. The van der Waals surface area contributed by atoms with Crippen molar-refractivity contribution >= 4 is 32.9 Å². The number of sulfone groups is 1. The molecule has 0 aliphatic heterocycles. The second-order valence-electron chi connectivity index (χ2n) is 4.96. The van der Waals surface area contributed by atoms with Crippen LogP contribution in [0.2, 0.25) is 0 Å². The summed E-state index contributed by atoms with van der Waals surface area (Å²) in [5, 5.41) is 6.62. The summed E-state index contributed by atoms with van der Waals surface area (Å²) in [6.07, 6.45) is 1.19. The van der Waals surface area contributed by atoms with Gasteiger partial charge >= 0.3 is 0 Å². The predicted molar refractivity (Wildman–Crippen MR) is 95.6 cm³/mol. The zero-order chi connectivity index (χ0) is 16.9. The van der Waals surface area contributed by atoms with Gasteiger partial charge in [-0.2, -0.15) is 0 Å². The van der Waals surface area contributed by atoms with Gasteiger partial charge in [-0.05, 0) is 42.0 Å². The molecule has 0 bridgehead atoms. The lowest BCUT2D eigenvalue weighted by molar-refractivity contribution is 0.415. The minimum Gasteiger partial charge on any atom is -0.497 e. The molecular formula is C16H18N2O3S2. The molecule has 7 heteroatoms. The third-order valence-electron chi connectivity index (χ3n) is 3.13. The molecule has 0 saturated carbocycles. The minimum absolute atomic E-state index is 0.304. The van der Waals surface area contributed by atoms with E-state index in [2.05, 4.69) is 10.6 Å². The third-order valence-corrected chi connectivity index (χ3v) is 4.51. The van der Waals surface area contributed by atoms with Crippen molar-refractivity contribution in [3.8, 4) is 5.75 Å². The molecule has 0 atom stereocenters.